The Bertz CT molecular complexity index is 1160. The largest absolute Gasteiger partial charge is 0.441 e. The van der Waals surface area contributed by atoms with Crippen LogP contribution in [-0.4, -0.2) is 38.3 Å². The summed E-state index contributed by atoms with van der Waals surface area (Å²) in [4.78, 5) is 26.6. The van der Waals surface area contributed by atoms with E-state index in [0.717, 1.165) is 42.1 Å². The van der Waals surface area contributed by atoms with Crippen LogP contribution >= 0.6 is 0 Å². The lowest BCUT2D eigenvalue weighted by atomic mass is 9.86. The van der Waals surface area contributed by atoms with Crippen LogP contribution in [0.4, 0.5) is 4.79 Å². The standard InChI is InChI=1S/C25H28N4O3/c1-25(2)22(16-7-4-3-5-8-16)28(24(31)32-25)17-11-13-18(14-12-17)29-21-10-6-9-19(23(26)30)20(21)15-27-29/h3-10,15,17-18,22H,11-14H2,1-2H3,(H2,26,30)/t17?,18?,22-/m0/s1. The van der Waals surface area contributed by atoms with E-state index in [0.29, 0.717) is 5.56 Å². The Hall–Kier alpha value is -3.35. The fourth-order valence-corrected chi connectivity index (χ4v) is 5.49. The van der Waals surface area contributed by atoms with Gasteiger partial charge in [-0.15, -0.1) is 0 Å². The van der Waals surface area contributed by atoms with Crippen molar-refractivity contribution in [3.05, 3.63) is 65.9 Å². The molecule has 1 aromatic heterocycles. The fourth-order valence-electron chi connectivity index (χ4n) is 5.49. The molecule has 2 heterocycles. The summed E-state index contributed by atoms with van der Waals surface area (Å²) in [5.74, 6) is -0.444. The van der Waals surface area contributed by atoms with Gasteiger partial charge >= 0.3 is 6.09 Å². The van der Waals surface area contributed by atoms with Gasteiger partial charge in [-0.2, -0.15) is 5.10 Å². The number of carbonyl (C=O) groups is 2. The van der Waals surface area contributed by atoms with E-state index in [1.807, 2.05) is 53.8 Å². The molecule has 2 fully saturated rings. The molecule has 1 atom stereocenters. The zero-order valence-electron chi connectivity index (χ0n) is 18.4. The van der Waals surface area contributed by atoms with Gasteiger partial charge in [-0.1, -0.05) is 36.4 Å². The van der Waals surface area contributed by atoms with E-state index < -0.39 is 11.5 Å². The van der Waals surface area contributed by atoms with Crippen molar-refractivity contribution in [3.8, 4) is 0 Å². The van der Waals surface area contributed by atoms with Gasteiger partial charge in [0.2, 0.25) is 5.91 Å². The molecule has 5 rings (SSSR count). The Labute approximate surface area is 187 Å². The zero-order chi connectivity index (χ0) is 22.5. The van der Waals surface area contributed by atoms with Crippen LogP contribution in [0.3, 0.4) is 0 Å². The molecule has 7 heteroatoms. The maximum absolute atomic E-state index is 12.9. The second-order valence-corrected chi connectivity index (χ2v) is 9.35. The quantitative estimate of drug-likeness (QED) is 0.653. The number of hydrogen-bond donors (Lipinski definition) is 1. The smallest absolute Gasteiger partial charge is 0.411 e. The van der Waals surface area contributed by atoms with Gasteiger partial charge < -0.3 is 10.5 Å². The highest BCUT2D eigenvalue weighted by Gasteiger charge is 2.51. The number of amides is 2. The summed E-state index contributed by atoms with van der Waals surface area (Å²) in [6, 6.07) is 15.9. The summed E-state index contributed by atoms with van der Waals surface area (Å²) in [6.45, 7) is 3.97. The maximum Gasteiger partial charge on any atom is 0.411 e. The van der Waals surface area contributed by atoms with Crippen molar-refractivity contribution in [2.45, 2.75) is 63.3 Å². The number of nitrogens with two attached hydrogens (primary N) is 1. The van der Waals surface area contributed by atoms with Gasteiger partial charge in [0, 0.05) is 11.4 Å². The normalized spacial score (nSPS) is 25.1. The van der Waals surface area contributed by atoms with Crippen LogP contribution in [0.25, 0.3) is 10.9 Å². The number of benzene rings is 2. The molecule has 0 unspecified atom stereocenters. The molecule has 1 aliphatic heterocycles. The molecular weight excluding hydrogens is 404 g/mol. The molecule has 32 heavy (non-hydrogen) atoms. The van der Waals surface area contributed by atoms with Crippen molar-refractivity contribution in [2.24, 2.45) is 5.73 Å². The first-order valence-corrected chi connectivity index (χ1v) is 11.2. The van der Waals surface area contributed by atoms with E-state index in [2.05, 4.69) is 17.2 Å². The number of primary amides is 1. The molecule has 2 amide bonds. The molecule has 0 radical (unpaired) electrons. The molecule has 2 aromatic carbocycles. The molecule has 2 N–H and O–H groups in total. The van der Waals surface area contributed by atoms with E-state index in [9.17, 15) is 9.59 Å². The van der Waals surface area contributed by atoms with Crippen molar-refractivity contribution in [1.29, 1.82) is 0 Å². The summed E-state index contributed by atoms with van der Waals surface area (Å²) in [5, 5.41) is 5.38. The van der Waals surface area contributed by atoms with Crippen LogP contribution in [0.2, 0.25) is 0 Å². The molecule has 1 saturated carbocycles. The van der Waals surface area contributed by atoms with Crippen LogP contribution in [-0.2, 0) is 4.74 Å². The number of aromatic nitrogens is 2. The Kier molecular flexibility index (Phi) is 4.92. The number of ether oxygens (including phenoxy) is 1. The average molecular weight is 433 g/mol. The monoisotopic (exact) mass is 432 g/mol. The predicted octanol–water partition coefficient (Wildman–Crippen LogP) is 4.59. The SMILES string of the molecule is CC1(C)OC(=O)N(C2CCC(n3ncc4c(C(N)=O)cccc43)CC2)[C@H]1c1ccccc1. The second kappa shape index (κ2) is 7.65. The predicted molar refractivity (Wildman–Crippen MR) is 121 cm³/mol. The van der Waals surface area contributed by atoms with Gasteiger partial charge in [0.05, 0.1) is 29.4 Å². The number of fused-ring (bicyclic) bond motifs is 1. The zero-order valence-corrected chi connectivity index (χ0v) is 18.4. The molecule has 2 aliphatic rings. The van der Waals surface area contributed by atoms with Crippen LogP contribution in [0.1, 0.15) is 67.5 Å². The minimum absolute atomic E-state index is 0.110. The molecule has 0 spiro atoms. The van der Waals surface area contributed by atoms with Gasteiger partial charge in [-0.05, 0) is 57.2 Å². The van der Waals surface area contributed by atoms with Gasteiger partial charge in [-0.3, -0.25) is 14.4 Å². The first-order valence-electron chi connectivity index (χ1n) is 11.2. The third-order valence-corrected chi connectivity index (χ3v) is 6.93. The molecule has 1 saturated heterocycles. The highest BCUT2D eigenvalue weighted by Crippen LogP contribution is 2.45. The van der Waals surface area contributed by atoms with Gasteiger partial charge in [0.15, 0.2) is 0 Å². The van der Waals surface area contributed by atoms with Crippen LogP contribution in [0.5, 0.6) is 0 Å². The van der Waals surface area contributed by atoms with Crippen LogP contribution in [0, 0.1) is 0 Å². The minimum atomic E-state index is -0.585. The molecule has 166 valence electrons. The fraction of sp³-hybridized carbons (Fsp3) is 0.400. The van der Waals surface area contributed by atoms with Gasteiger partial charge in [-0.25, -0.2) is 4.79 Å². The highest BCUT2D eigenvalue weighted by molar-refractivity contribution is 6.05. The first kappa shape index (κ1) is 20.5. The summed E-state index contributed by atoms with van der Waals surface area (Å²) >= 11 is 0. The van der Waals surface area contributed by atoms with E-state index >= 15 is 0 Å². The number of nitrogens with zero attached hydrogens (tertiary/aromatic N) is 3. The van der Waals surface area contributed by atoms with E-state index in [1.165, 1.54) is 0 Å². The Morgan fingerprint density at radius 1 is 1.03 bits per heavy atom. The second-order valence-electron chi connectivity index (χ2n) is 9.35. The Morgan fingerprint density at radius 2 is 1.72 bits per heavy atom. The van der Waals surface area contributed by atoms with Crippen LogP contribution < -0.4 is 5.73 Å². The third-order valence-electron chi connectivity index (χ3n) is 6.93. The van der Waals surface area contributed by atoms with E-state index in [1.54, 1.807) is 12.3 Å². The number of carbonyl (C=O) groups excluding carboxylic acids is 2. The molecule has 0 bridgehead atoms. The third kappa shape index (κ3) is 3.32. The number of rotatable bonds is 4. The van der Waals surface area contributed by atoms with Crippen molar-refractivity contribution in [3.63, 3.8) is 0 Å². The Balaban J connectivity index is 1.38. The lowest BCUT2D eigenvalue weighted by Gasteiger charge is -2.38. The maximum atomic E-state index is 12.9. The highest BCUT2D eigenvalue weighted by atomic mass is 16.6. The Morgan fingerprint density at radius 3 is 2.41 bits per heavy atom. The van der Waals surface area contributed by atoms with Gasteiger partial charge in [0.1, 0.15) is 5.60 Å². The summed E-state index contributed by atoms with van der Waals surface area (Å²) < 4.78 is 7.81. The van der Waals surface area contributed by atoms with Crippen molar-refractivity contribution in [2.75, 3.05) is 0 Å². The molecular formula is C25H28N4O3. The molecule has 1 aliphatic carbocycles. The van der Waals surface area contributed by atoms with Crippen molar-refractivity contribution >= 4 is 22.9 Å². The van der Waals surface area contributed by atoms with E-state index in [-0.39, 0.29) is 24.2 Å². The summed E-state index contributed by atoms with van der Waals surface area (Å²) in [6.07, 6.45) is 5.03. The first-order chi connectivity index (χ1) is 15.4. The van der Waals surface area contributed by atoms with Gasteiger partial charge in [0.25, 0.3) is 0 Å². The summed E-state index contributed by atoms with van der Waals surface area (Å²) in [7, 11) is 0. The topological polar surface area (TPSA) is 90.4 Å². The van der Waals surface area contributed by atoms with E-state index in [4.69, 9.17) is 10.5 Å². The average Bonchev–Trinajstić information content (AvgIpc) is 3.31. The number of cyclic esters (lactones) is 1. The number of hydrogen-bond acceptors (Lipinski definition) is 4. The molecule has 3 aromatic rings. The van der Waals surface area contributed by atoms with Crippen molar-refractivity contribution < 1.29 is 14.3 Å². The van der Waals surface area contributed by atoms with Crippen molar-refractivity contribution in [1.82, 2.24) is 14.7 Å². The summed E-state index contributed by atoms with van der Waals surface area (Å²) in [5.41, 5.74) is 7.46. The van der Waals surface area contributed by atoms with Crippen LogP contribution in [0.15, 0.2) is 54.7 Å². The lowest BCUT2D eigenvalue weighted by molar-refractivity contribution is 0.0661. The minimum Gasteiger partial charge on any atom is -0.441 e. The molecule has 7 nitrogen and oxygen atoms in total. The lowest BCUT2D eigenvalue weighted by Crippen LogP contribution is -2.42.